The third-order valence-electron chi connectivity index (χ3n) is 6.19. The highest BCUT2D eigenvalue weighted by Gasteiger charge is 2.39. The van der Waals surface area contributed by atoms with Gasteiger partial charge in [0.15, 0.2) is 6.10 Å². The van der Waals surface area contributed by atoms with E-state index in [1.165, 1.54) is 24.3 Å². The molecule has 1 aliphatic rings. The lowest BCUT2D eigenvalue weighted by atomic mass is 9.99. The van der Waals surface area contributed by atoms with E-state index in [4.69, 9.17) is 27.9 Å². The number of para-hydroxylation sites is 1. The Labute approximate surface area is 228 Å². The van der Waals surface area contributed by atoms with Crippen LogP contribution in [0.15, 0.2) is 91.0 Å². The summed E-state index contributed by atoms with van der Waals surface area (Å²) in [4.78, 5) is 54.3. The maximum absolute atomic E-state index is 13.5. The highest BCUT2D eigenvalue weighted by atomic mass is 35.5. The summed E-state index contributed by atoms with van der Waals surface area (Å²) in [6.07, 6.45) is -1.25. The first-order valence-corrected chi connectivity index (χ1v) is 12.4. The van der Waals surface area contributed by atoms with Crippen molar-refractivity contribution < 1.29 is 23.9 Å². The van der Waals surface area contributed by atoms with E-state index in [0.717, 1.165) is 10.5 Å². The zero-order chi connectivity index (χ0) is 27.0. The zero-order valence-electron chi connectivity index (χ0n) is 20.0. The number of benzene rings is 4. The number of amides is 2. The first-order valence-electron chi connectivity index (χ1n) is 11.6. The van der Waals surface area contributed by atoms with Gasteiger partial charge < -0.3 is 4.74 Å². The Morgan fingerprint density at radius 2 is 1.32 bits per heavy atom. The summed E-state index contributed by atoms with van der Waals surface area (Å²) in [6.45, 7) is 1.90. The number of ether oxygens (including phenoxy) is 1. The van der Waals surface area contributed by atoms with Crippen molar-refractivity contribution in [1.82, 2.24) is 0 Å². The summed E-state index contributed by atoms with van der Waals surface area (Å²) in [6, 6.07) is 24.3. The molecule has 38 heavy (non-hydrogen) atoms. The van der Waals surface area contributed by atoms with Crippen LogP contribution < -0.4 is 4.90 Å². The average Bonchev–Trinajstić information content (AvgIpc) is 3.16. The molecule has 0 aromatic heterocycles. The maximum atomic E-state index is 13.5. The third kappa shape index (κ3) is 4.60. The Morgan fingerprint density at radius 1 is 0.763 bits per heavy atom. The van der Waals surface area contributed by atoms with E-state index >= 15 is 0 Å². The zero-order valence-corrected chi connectivity index (χ0v) is 21.5. The van der Waals surface area contributed by atoms with Gasteiger partial charge in [0.1, 0.15) is 0 Å². The third-order valence-corrected chi connectivity index (χ3v) is 6.92. The van der Waals surface area contributed by atoms with Crippen LogP contribution in [0, 0.1) is 6.92 Å². The number of ketones is 1. The number of carbonyl (C=O) groups excluding carboxylic acids is 4. The molecule has 4 aromatic rings. The van der Waals surface area contributed by atoms with Gasteiger partial charge in [0.2, 0.25) is 5.78 Å². The number of rotatable bonds is 6. The van der Waals surface area contributed by atoms with Gasteiger partial charge in [0.25, 0.3) is 11.8 Å². The second-order valence-corrected chi connectivity index (χ2v) is 9.52. The number of hydrogen-bond acceptors (Lipinski definition) is 5. The van der Waals surface area contributed by atoms with E-state index in [2.05, 4.69) is 0 Å². The SMILES string of the molecule is Cc1ccc(C(=O)[C@@H](OC(=O)c2ccccc2N2C(=O)c3cc(Cl)c(Cl)cc3C2=O)c2ccccc2)cc1. The molecular formula is C30H19Cl2NO5. The fourth-order valence-electron chi connectivity index (χ4n) is 4.23. The number of nitrogens with zero attached hydrogens (tertiary/aromatic N) is 1. The number of esters is 1. The number of halogens is 2. The lowest BCUT2D eigenvalue weighted by molar-refractivity contribution is 0.0281. The van der Waals surface area contributed by atoms with Gasteiger partial charge in [-0.2, -0.15) is 0 Å². The lowest BCUT2D eigenvalue weighted by Crippen LogP contribution is -2.31. The quantitative estimate of drug-likeness (QED) is 0.150. The van der Waals surface area contributed by atoms with Crippen LogP contribution in [-0.2, 0) is 4.74 Å². The van der Waals surface area contributed by atoms with Crippen LogP contribution in [0.5, 0.6) is 0 Å². The molecule has 0 unspecified atom stereocenters. The Hall–Kier alpha value is -4.26. The molecule has 0 saturated carbocycles. The van der Waals surface area contributed by atoms with Crippen LogP contribution in [0.4, 0.5) is 5.69 Å². The van der Waals surface area contributed by atoms with Crippen molar-refractivity contribution in [3.8, 4) is 0 Å². The standard InChI is InChI=1S/C30H19Cl2NO5/c1-17-11-13-18(14-12-17)26(34)27(19-7-3-2-4-8-19)38-30(37)20-9-5-6-10-25(20)33-28(35)21-15-23(31)24(32)16-22(21)29(33)36/h2-16,27H,1H3/t27-/m0/s1. The monoisotopic (exact) mass is 543 g/mol. The number of fused-ring (bicyclic) bond motifs is 1. The number of imide groups is 1. The first kappa shape index (κ1) is 25.4. The molecule has 4 aromatic carbocycles. The number of anilines is 1. The topological polar surface area (TPSA) is 80.8 Å². The minimum atomic E-state index is -1.25. The molecule has 1 heterocycles. The smallest absolute Gasteiger partial charge is 0.341 e. The van der Waals surface area contributed by atoms with Crippen LogP contribution in [0.3, 0.4) is 0 Å². The van der Waals surface area contributed by atoms with E-state index in [1.54, 1.807) is 66.7 Å². The highest BCUT2D eigenvalue weighted by molar-refractivity contribution is 6.44. The summed E-state index contributed by atoms with van der Waals surface area (Å²) in [5, 5.41) is 0.253. The second-order valence-electron chi connectivity index (χ2n) is 8.70. The van der Waals surface area contributed by atoms with Crippen LogP contribution in [-0.4, -0.2) is 23.6 Å². The van der Waals surface area contributed by atoms with Gasteiger partial charge in [-0.1, -0.05) is 95.5 Å². The summed E-state index contributed by atoms with van der Waals surface area (Å²) >= 11 is 12.1. The predicted molar refractivity (Wildman–Crippen MR) is 144 cm³/mol. The molecule has 0 N–H and O–H groups in total. The molecule has 1 aliphatic heterocycles. The van der Waals surface area contributed by atoms with Crippen molar-refractivity contribution in [2.75, 3.05) is 4.90 Å². The van der Waals surface area contributed by atoms with E-state index in [9.17, 15) is 19.2 Å². The van der Waals surface area contributed by atoms with Crippen molar-refractivity contribution in [3.05, 3.63) is 134 Å². The predicted octanol–water partition coefficient (Wildman–Crippen LogP) is 6.88. The second kappa shape index (κ2) is 10.2. The van der Waals surface area contributed by atoms with Crippen molar-refractivity contribution in [2.24, 2.45) is 0 Å². The molecule has 2 amide bonds. The van der Waals surface area contributed by atoms with Gasteiger partial charge in [0, 0.05) is 11.1 Å². The largest absolute Gasteiger partial charge is 0.445 e. The van der Waals surface area contributed by atoms with E-state index in [1.807, 2.05) is 6.92 Å². The molecule has 0 fully saturated rings. The van der Waals surface area contributed by atoms with Crippen LogP contribution >= 0.6 is 23.2 Å². The van der Waals surface area contributed by atoms with Crippen LogP contribution in [0.2, 0.25) is 10.0 Å². The van der Waals surface area contributed by atoms with Crippen molar-refractivity contribution in [1.29, 1.82) is 0 Å². The average molecular weight is 544 g/mol. The van der Waals surface area contributed by atoms with E-state index in [-0.39, 0.29) is 32.4 Å². The molecule has 6 nitrogen and oxygen atoms in total. The molecule has 0 aliphatic carbocycles. The normalized spacial score (nSPS) is 13.3. The van der Waals surface area contributed by atoms with Gasteiger partial charge >= 0.3 is 5.97 Å². The van der Waals surface area contributed by atoms with Gasteiger partial charge in [-0.15, -0.1) is 0 Å². The van der Waals surface area contributed by atoms with Gasteiger partial charge in [0.05, 0.1) is 32.4 Å². The van der Waals surface area contributed by atoms with Crippen molar-refractivity contribution in [3.63, 3.8) is 0 Å². The Kier molecular flexibility index (Phi) is 6.85. The van der Waals surface area contributed by atoms with E-state index < -0.39 is 29.7 Å². The first-order chi connectivity index (χ1) is 18.3. The Balaban J connectivity index is 1.51. The summed E-state index contributed by atoms with van der Waals surface area (Å²) in [5.41, 5.74) is 1.94. The molecule has 5 rings (SSSR count). The van der Waals surface area contributed by atoms with Crippen molar-refractivity contribution >= 4 is 52.5 Å². The number of carbonyl (C=O) groups is 4. The van der Waals surface area contributed by atoms with E-state index in [0.29, 0.717) is 11.1 Å². The Bertz CT molecular complexity index is 1560. The molecule has 0 radical (unpaired) electrons. The number of aryl methyl sites for hydroxylation is 1. The lowest BCUT2D eigenvalue weighted by Gasteiger charge is -2.21. The van der Waals surface area contributed by atoms with Crippen LogP contribution in [0.25, 0.3) is 0 Å². The molecule has 0 spiro atoms. The van der Waals surface area contributed by atoms with Gasteiger partial charge in [-0.3, -0.25) is 14.4 Å². The van der Waals surface area contributed by atoms with Crippen molar-refractivity contribution in [2.45, 2.75) is 13.0 Å². The summed E-state index contributed by atoms with van der Waals surface area (Å²) in [7, 11) is 0. The molecule has 0 bridgehead atoms. The summed E-state index contributed by atoms with van der Waals surface area (Å²) < 4.78 is 5.78. The van der Waals surface area contributed by atoms with Crippen LogP contribution in [0.1, 0.15) is 58.7 Å². The minimum Gasteiger partial charge on any atom is -0.445 e. The Morgan fingerprint density at radius 3 is 1.92 bits per heavy atom. The molecule has 0 saturated heterocycles. The molecule has 1 atom stereocenters. The molecule has 8 heteroatoms. The molecule has 188 valence electrons. The fraction of sp³-hybridized carbons (Fsp3) is 0.0667. The summed E-state index contributed by atoms with van der Waals surface area (Å²) in [5.74, 6) is -2.59. The number of hydrogen-bond donors (Lipinski definition) is 0. The maximum Gasteiger partial charge on any atom is 0.341 e. The minimum absolute atomic E-state index is 0.0190. The number of Topliss-reactive ketones (excluding diaryl/α,β-unsaturated/α-hetero) is 1. The molecular weight excluding hydrogens is 525 g/mol. The van der Waals surface area contributed by atoms with Gasteiger partial charge in [-0.25, -0.2) is 9.69 Å². The van der Waals surface area contributed by atoms with Gasteiger partial charge in [-0.05, 0) is 31.2 Å². The highest BCUT2D eigenvalue weighted by Crippen LogP contribution is 2.36. The fourth-order valence-corrected chi connectivity index (χ4v) is 4.56.